The molecule has 4 aromatic rings. The fourth-order valence-corrected chi connectivity index (χ4v) is 6.39. The number of hydrogen-bond donors (Lipinski definition) is 1. The van der Waals surface area contributed by atoms with Gasteiger partial charge in [0.1, 0.15) is 6.04 Å². The van der Waals surface area contributed by atoms with Crippen LogP contribution in [-0.4, -0.2) is 31.2 Å². The van der Waals surface area contributed by atoms with E-state index < -0.39 is 16.1 Å². The molecule has 6 heteroatoms. The summed E-state index contributed by atoms with van der Waals surface area (Å²) in [7, 11) is -3.84. The molecule has 33 heavy (non-hydrogen) atoms. The van der Waals surface area contributed by atoms with Crippen LogP contribution in [0.15, 0.2) is 102 Å². The summed E-state index contributed by atoms with van der Waals surface area (Å²) in [6.45, 7) is 0.323. The molecule has 0 radical (unpaired) electrons. The van der Waals surface area contributed by atoms with Crippen molar-refractivity contribution in [2.24, 2.45) is 0 Å². The fraction of sp³-hybridized carbons (Fsp3) is 0.148. The highest BCUT2D eigenvalue weighted by atomic mass is 32.2. The van der Waals surface area contributed by atoms with E-state index in [1.165, 1.54) is 4.31 Å². The van der Waals surface area contributed by atoms with Gasteiger partial charge in [0.05, 0.1) is 4.90 Å². The van der Waals surface area contributed by atoms with Gasteiger partial charge in [-0.25, -0.2) is 8.42 Å². The Labute approximate surface area is 193 Å². The first-order valence-electron chi connectivity index (χ1n) is 11.0. The number of anilines is 1. The summed E-state index contributed by atoms with van der Waals surface area (Å²) in [5, 5.41) is 4.52. The molecule has 5 rings (SSSR count). The Morgan fingerprint density at radius 1 is 0.818 bits per heavy atom. The average molecular weight is 457 g/mol. The number of nitrogens with zero attached hydrogens (tertiary/aromatic N) is 1. The summed E-state index contributed by atoms with van der Waals surface area (Å²) >= 11 is 0. The van der Waals surface area contributed by atoms with E-state index in [1.54, 1.807) is 12.1 Å². The first-order valence-corrected chi connectivity index (χ1v) is 12.4. The average Bonchev–Trinajstić information content (AvgIpc) is 3.36. The molecule has 1 fully saturated rings. The van der Waals surface area contributed by atoms with Crippen molar-refractivity contribution in [2.75, 3.05) is 11.9 Å². The fourth-order valence-electron chi connectivity index (χ4n) is 4.51. The Kier molecular flexibility index (Phi) is 5.70. The van der Waals surface area contributed by atoms with E-state index in [1.807, 2.05) is 84.9 Å². The van der Waals surface area contributed by atoms with Crippen LogP contribution >= 0.6 is 0 Å². The molecule has 5 nitrogen and oxygen atoms in total. The number of rotatable bonds is 5. The molecule has 0 saturated carbocycles. The molecule has 1 amide bonds. The monoisotopic (exact) mass is 456 g/mol. The molecular formula is C27H24N2O3S. The lowest BCUT2D eigenvalue weighted by atomic mass is 10.0. The van der Waals surface area contributed by atoms with E-state index in [0.29, 0.717) is 30.5 Å². The number of hydrogen-bond acceptors (Lipinski definition) is 3. The summed E-state index contributed by atoms with van der Waals surface area (Å²) in [5.74, 6) is -0.306. The van der Waals surface area contributed by atoms with Gasteiger partial charge in [-0.15, -0.1) is 0 Å². The van der Waals surface area contributed by atoms with Crippen molar-refractivity contribution >= 4 is 32.4 Å². The Bertz CT molecular complexity index is 1410. The maximum atomic E-state index is 13.7. The minimum Gasteiger partial charge on any atom is -0.324 e. The topological polar surface area (TPSA) is 66.5 Å². The maximum Gasteiger partial charge on any atom is 0.244 e. The van der Waals surface area contributed by atoms with E-state index in [4.69, 9.17) is 0 Å². The second-order valence-corrected chi connectivity index (χ2v) is 10.0. The zero-order valence-corrected chi connectivity index (χ0v) is 18.8. The van der Waals surface area contributed by atoms with Crippen molar-refractivity contribution < 1.29 is 13.2 Å². The van der Waals surface area contributed by atoms with Crippen LogP contribution in [0.3, 0.4) is 0 Å². The molecule has 0 aliphatic carbocycles. The van der Waals surface area contributed by atoms with Crippen molar-refractivity contribution in [1.82, 2.24) is 4.31 Å². The van der Waals surface area contributed by atoms with Gasteiger partial charge in [0.2, 0.25) is 15.9 Å². The second kappa shape index (κ2) is 8.81. The van der Waals surface area contributed by atoms with Crippen LogP contribution in [0.2, 0.25) is 0 Å². The number of fused-ring (bicyclic) bond motifs is 1. The number of amides is 1. The van der Waals surface area contributed by atoms with Gasteiger partial charge in [-0.3, -0.25) is 4.79 Å². The van der Waals surface area contributed by atoms with Crippen molar-refractivity contribution in [2.45, 2.75) is 23.8 Å². The molecule has 1 heterocycles. The Balaban J connectivity index is 1.46. The van der Waals surface area contributed by atoms with Crippen LogP contribution in [-0.2, 0) is 14.8 Å². The summed E-state index contributed by atoms with van der Waals surface area (Å²) in [6.07, 6.45) is 1.13. The van der Waals surface area contributed by atoms with E-state index in [2.05, 4.69) is 5.32 Å². The molecule has 166 valence electrons. The maximum absolute atomic E-state index is 13.7. The lowest BCUT2D eigenvalue weighted by molar-refractivity contribution is -0.119. The Morgan fingerprint density at radius 2 is 1.52 bits per heavy atom. The number of carbonyl (C=O) groups is 1. The van der Waals surface area contributed by atoms with Gasteiger partial charge in [-0.2, -0.15) is 4.31 Å². The normalized spacial score (nSPS) is 16.7. The minimum atomic E-state index is -3.84. The molecule has 1 unspecified atom stereocenters. The molecule has 1 aliphatic rings. The lowest BCUT2D eigenvalue weighted by Gasteiger charge is -2.24. The number of sulfonamides is 1. The number of carbonyl (C=O) groups excluding carboxylic acids is 1. The number of para-hydroxylation sites is 1. The third kappa shape index (κ3) is 4.03. The van der Waals surface area contributed by atoms with Crippen LogP contribution in [0.1, 0.15) is 12.8 Å². The molecule has 1 saturated heterocycles. The van der Waals surface area contributed by atoms with E-state index in [-0.39, 0.29) is 10.8 Å². The highest BCUT2D eigenvalue weighted by molar-refractivity contribution is 7.89. The van der Waals surface area contributed by atoms with Crippen molar-refractivity contribution in [3.8, 4) is 11.1 Å². The molecule has 0 bridgehead atoms. The van der Waals surface area contributed by atoms with E-state index >= 15 is 0 Å². The molecule has 4 aromatic carbocycles. The molecule has 1 aliphatic heterocycles. The molecule has 0 spiro atoms. The van der Waals surface area contributed by atoms with Gasteiger partial charge >= 0.3 is 0 Å². The predicted molar refractivity (Wildman–Crippen MR) is 131 cm³/mol. The van der Waals surface area contributed by atoms with E-state index in [0.717, 1.165) is 16.5 Å². The van der Waals surface area contributed by atoms with Crippen LogP contribution in [0.25, 0.3) is 21.9 Å². The third-order valence-electron chi connectivity index (χ3n) is 6.11. The van der Waals surface area contributed by atoms with Gasteiger partial charge in [-0.05, 0) is 35.9 Å². The van der Waals surface area contributed by atoms with Gasteiger partial charge in [0.15, 0.2) is 0 Å². The van der Waals surface area contributed by atoms with Gasteiger partial charge in [0.25, 0.3) is 0 Å². The Hall–Kier alpha value is -3.48. The quantitative estimate of drug-likeness (QED) is 0.443. The molecule has 0 aromatic heterocycles. The zero-order chi connectivity index (χ0) is 22.8. The van der Waals surface area contributed by atoms with Crippen LogP contribution in [0.5, 0.6) is 0 Å². The van der Waals surface area contributed by atoms with Crippen molar-refractivity contribution in [3.63, 3.8) is 0 Å². The smallest absolute Gasteiger partial charge is 0.244 e. The Morgan fingerprint density at radius 3 is 2.36 bits per heavy atom. The minimum absolute atomic E-state index is 0.241. The number of nitrogens with one attached hydrogen (secondary N) is 1. The first-order chi connectivity index (χ1) is 16.1. The number of benzene rings is 4. The largest absolute Gasteiger partial charge is 0.324 e. The van der Waals surface area contributed by atoms with Gasteiger partial charge in [0, 0.05) is 23.2 Å². The van der Waals surface area contributed by atoms with E-state index in [9.17, 15) is 13.2 Å². The van der Waals surface area contributed by atoms with Crippen LogP contribution < -0.4 is 5.32 Å². The predicted octanol–water partition coefficient (Wildman–Crippen LogP) is 5.30. The summed E-state index contributed by atoms with van der Waals surface area (Å²) < 4.78 is 28.7. The lowest BCUT2D eigenvalue weighted by Crippen LogP contribution is -2.43. The van der Waals surface area contributed by atoms with Gasteiger partial charge in [-0.1, -0.05) is 84.9 Å². The summed E-state index contributed by atoms with van der Waals surface area (Å²) in [6, 6.07) is 29.3. The highest BCUT2D eigenvalue weighted by Gasteiger charge is 2.40. The molecule has 1 N–H and O–H groups in total. The second-order valence-electron chi connectivity index (χ2n) is 8.15. The first kappa shape index (κ1) is 21.4. The molecular weight excluding hydrogens is 432 g/mol. The van der Waals surface area contributed by atoms with Gasteiger partial charge < -0.3 is 5.32 Å². The van der Waals surface area contributed by atoms with Crippen LogP contribution in [0.4, 0.5) is 5.69 Å². The summed E-state index contributed by atoms with van der Waals surface area (Å²) in [4.78, 5) is 13.6. The summed E-state index contributed by atoms with van der Waals surface area (Å²) in [5.41, 5.74) is 2.55. The van der Waals surface area contributed by atoms with Crippen molar-refractivity contribution in [3.05, 3.63) is 97.1 Å². The highest BCUT2D eigenvalue weighted by Crippen LogP contribution is 2.32. The third-order valence-corrected chi connectivity index (χ3v) is 8.08. The van der Waals surface area contributed by atoms with Crippen molar-refractivity contribution in [1.29, 1.82) is 0 Å². The van der Waals surface area contributed by atoms with Crippen LogP contribution in [0, 0.1) is 0 Å². The zero-order valence-electron chi connectivity index (χ0n) is 18.0. The SMILES string of the molecule is O=C(Nc1ccccc1-c1ccccc1)C1CCCN1S(=O)(=O)c1cccc2ccccc12. The molecule has 1 atom stereocenters. The standard InChI is InChI=1S/C27H24N2O3S/c30-27(28-24-16-7-6-14-22(24)20-10-2-1-3-11-20)25-17-9-19-29(25)33(31,32)26-18-8-13-21-12-4-5-15-23(21)26/h1-8,10-16,18,25H,9,17,19H2,(H,28,30).